The predicted octanol–water partition coefficient (Wildman–Crippen LogP) is 3.16. The highest BCUT2D eigenvalue weighted by molar-refractivity contribution is 6.34. The van der Waals surface area contributed by atoms with E-state index in [1.807, 2.05) is 0 Å². The van der Waals surface area contributed by atoms with Gasteiger partial charge >= 0.3 is 6.03 Å². The molecule has 0 aliphatic heterocycles. The maximum atomic E-state index is 11.6. The van der Waals surface area contributed by atoms with E-state index in [1.165, 1.54) is 6.26 Å². The van der Waals surface area contributed by atoms with Crippen LogP contribution in [0.1, 0.15) is 17.4 Å². The zero-order valence-corrected chi connectivity index (χ0v) is 13.2. The molecular weight excluding hydrogens is 327 g/mol. The Morgan fingerprint density at radius 3 is 2.59 bits per heavy atom. The normalized spacial score (nSPS) is 12.0. The summed E-state index contributed by atoms with van der Waals surface area (Å²) in [5, 5.41) is 16.1. The molecule has 1 aromatic carbocycles. The molecule has 118 valence electrons. The van der Waals surface area contributed by atoms with E-state index in [4.69, 9.17) is 27.6 Å². The summed E-state index contributed by atoms with van der Waals surface area (Å²) in [5.41, 5.74) is 0.938. The van der Waals surface area contributed by atoms with E-state index < -0.39 is 6.10 Å². The van der Waals surface area contributed by atoms with Gasteiger partial charge in [-0.3, -0.25) is 0 Å². The topological polar surface area (TPSA) is 74.5 Å². The number of benzene rings is 1. The molecule has 22 heavy (non-hydrogen) atoms. The Kier molecular flexibility index (Phi) is 6.12. The van der Waals surface area contributed by atoms with Gasteiger partial charge in [0.25, 0.3) is 0 Å². The minimum absolute atomic E-state index is 0.0718. The lowest BCUT2D eigenvalue weighted by Gasteiger charge is -2.11. The number of aliphatic hydroxyl groups excluding tert-OH is 1. The van der Waals surface area contributed by atoms with Crippen molar-refractivity contribution in [3.63, 3.8) is 0 Å². The number of nitrogens with one attached hydrogen (secondary N) is 2. The number of aliphatic hydroxyl groups is 1. The highest BCUT2D eigenvalue weighted by Crippen LogP contribution is 2.19. The number of furan rings is 1. The molecule has 0 saturated carbocycles. The van der Waals surface area contributed by atoms with Gasteiger partial charge in [-0.05, 0) is 42.3 Å². The van der Waals surface area contributed by atoms with Crippen molar-refractivity contribution in [2.45, 2.75) is 12.5 Å². The number of rotatable bonds is 6. The molecule has 0 radical (unpaired) electrons. The van der Waals surface area contributed by atoms with Crippen LogP contribution in [0.4, 0.5) is 4.79 Å². The fraction of sp³-hybridized carbons (Fsp3) is 0.267. The second-order valence-electron chi connectivity index (χ2n) is 4.70. The molecule has 0 saturated heterocycles. The van der Waals surface area contributed by atoms with Crippen molar-refractivity contribution in [1.29, 1.82) is 0 Å². The number of hydrogen-bond donors (Lipinski definition) is 3. The van der Waals surface area contributed by atoms with Crippen LogP contribution in [0.25, 0.3) is 0 Å². The van der Waals surface area contributed by atoms with Gasteiger partial charge in [0.05, 0.1) is 12.8 Å². The Morgan fingerprint density at radius 1 is 1.23 bits per heavy atom. The molecule has 2 rings (SSSR count). The van der Waals surface area contributed by atoms with E-state index in [1.54, 1.807) is 30.3 Å². The molecule has 1 unspecified atom stereocenters. The Bertz CT molecular complexity index is 597. The molecular formula is C15H16Cl2N2O3. The van der Waals surface area contributed by atoms with Crippen LogP contribution in [0.2, 0.25) is 10.0 Å². The van der Waals surface area contributed by atoms with E-state index >= 15 is 0 Å². The molecule has 0 bridgehead atoms. The van der Waals surface area contributed by atoms with E-state index in [2.05, 4.69) is 10.6 Å². The first-order valence-electron chi connectivity index (χ1n) is 6.73. The fourth-order valence-electron chi connectivity index (χ4n) is 1.91. The average molecular weight is 343 g/mol. The smallest absolute Gasteiger partial charge is 0.314 e. The number of carbonyl (C=O) groups excluding carboxylic acids is 1. The SMILES string of the molecule is O=C(NCCc1cc(Cl)cc(Cl)c1)NCC(O)c1ccco1. The highest BCUT2D eigenvalue weighted by atomic mass is 35.5. The van der Waals surface area contributed by atoms with E-state index in [0.29, 0.717) is 28.8 Å². The van der Waals surface area contributed by atoms with Crippen LogP contribution < -0.4 is 10.6 Å². The molecule has 2 amide bonds. The lowest BCUT2D eigenvalue weighted by atomic mass is 10.1. The second-order valence-corrected chi connectivity index (χ2v) is 5.57. The van der Waals surface area contributed by atoms with Gasteiger partial charge in [0.1, 0.15) is 11.9 Å². The molecule has 0 aliphatic carbocycles. The van der Waals surface area contributed by atoms with Crippen LogP contribution in [-0.4, -0.2) is 24.2 Å². The van der Waals surface area contributed by atoms with Crippen molar-refractivity contribution >= 4 is 29.2 Å². The first-order chi connectivity index (χ1) is 10.5. The van der Waals surface area contributed by atoms with Crippen molar-refractivity contribution in [1.82, 2.24) is 10.6 Å². The third-order valence-electron chi connectivity index (χ3n) is 2.95. The minimum atomic E-state index is -0.868. The Morgan fingerprint density at radius 2 is 1.95 bits per heavy atom. The van der Waals surface area contributed by atoms with Crippen molar-refractivity contribution in [3.8, 4) is 0 Å². The lowest BCUT2D eigenvalue weighted by molar-refractivity contribution is 0.148. The summed E-state index contributed by atoms with van der Waals surface area (Å²) in [6, 6.07) is 8.21. The first-order valence-corrected chi connectivity index (χ1v) is 7.48. The average Bonchev–Trinajstić information content (AvgIpc) is 2.98. The first kappa shape index (κ1) is 16.7. The van der Waals surface area contributed by atoms with Gasteiger partial charge in [-0.15, -0.1) is 0 Å². The van der Waals surface area contributed by atoms with Crippen LogP contribution in [0.3, 0.4) is 0 Å². The van der Waals surface area contributed by atoms with Crippen molar-refractivity contribution < 1.29 is 14.3 Å². The Labute approximate surface area is 138 Å². The van der Waals surface area contributed by atoms with Gasteiger partial charge in [-0.2, -0.15) is 0 Å². The highest BCUT2D eigenvalue weighted by Gasteiger charge is 2.11. The molecule has 0 fully saturated rings. The molecule has 3 N–H and O–H groups in total. The summed E-state index contributed by atoms with van der Waals surface area (Å²) in [6.07, 6.45) is 1.20. The predicted molar refractivity (Wildman–Crippen MR) is 85.2 cm³/mol. The van der Waals surface area contributed by atoms with Gasteiger partial charge in [0.15, 0.2) is 0 Å². The third kappa shape index (κ3) is 5.26. The van der Waals surface area contributed by atoms with Gasteiger partial charge in [0, 0.05) is 16.6 Å². The zero-order chi connectivity index (χ0) is 15.9. The fourth-order valence-corrected chi connectivity index (χ4v) is 2.48. The summed E-state index contributed by atoms with van der Waals surface area (Å²) in [6.45, 7) is 0.502. The van der Waals surface area contributed by atoms with E-state index in [-0.39, 0.29) is 12.6 Å². The Hall–Kier alpha value is -1.69. The second kappa shape index (κ2) is 8.08. The van der Waals surface area contributed by atoms with E-state index in [0.717, 1.165) is 5.56 Å². The van der Waals surface area contributed by atoms with Crippen molar-refractivity contribution in [2.75, 3.05) is 13.1 Å². The summed E-state index contributed by atoms with van der Waals surface area (Å²) in [4.78, 5) is 11.6. The molecule has 1 aromatic heterocycles. The standard InChI is InChI=1S/C15H16Cl2N2O3/c16-11-6-10(7-12(17)8-11)3-4-18-15(21)19-9-13(20)14-2-1-5-22-14/h1-2,5-8,13,20H,3-4,9H2,(H2,18,19,21). The quantitative estimate of drug-likeness (QED) is 0.754. The molecule has 5 nitrogen and oxygen atoms in total. The molecule has 0 aliphatic rings. The summed E-state index contributed by atoms with van der Waals surface area (Å²) < 4.78 is 5.04. The molecule has 1 heterocycles. The largest absolute Gasteiger partial charge is 0.467 e. The monoisotopic (exact) mass is 342 g/mol. The van der Waals surface area contributed by atoms with E-state index in [9.17, 15) is 9.90 Å². The minimum Gasteiger partial charge on any atom is -0.467 e. The Balaban J connectivity index is 1.69. The van der Waals surface area contributed by atoms with Crippen LogP contribution in [0, 0.1) is 0 Å². The molecule has 0 spiro atoms. The lowest BCUT2D eigenvalue weighted by Crippen LogP contribution is -2.38. The summed E-state index contributed by atoms with van der Waals surface area (Å²) in [5.74, 6) is 0.411. The number of hydrogen-bond acceptors (Lipinski definition) is 3. The van der Waals surface area contributed by atoms with Gasteiger partial charge in [-0.1, -0.05) is 23.2 Å². The van der Waals surface area contributed by atoms with Crippen LogP contribution in [0.5, 0.6) is 0 Å². The number of urea groups is 1. The molecule has 7 heteroatoms. The molecule has 2 aromatic rings. The number of amides is 2. The maximum Gasteiger partial charge on any atom is 0.314 e. The van der Waals surface area contributed by atoms with Crippen LogP contribution >= 0.6 is 23.2 Å². The number of carbonyl (C=O) groups is 1. The van der Waals surface area contributed by atoms with Crippen LogP contribution in [0.15, 0.2) is 41.0 Å². The van der Waals surface area contributed by atoms with Crippen molar-refractivity contribution in [2.24, 2.45) is 0 Å². The molecule has 1 atom stereocenters. The third-order valence-corrected chi connectivity index (χ3v) is 3.39. The summed E-state index contributed by atoms with van der Waals surface area (Å²) >= 11 is 11.8. The van der Waals surface area contributed by atoms with Crippen LogP contribution in [-0.2, 0) is 6.42 Å². The zero-order valence-electron chi connectivity index (χ0n) is 11.7. The van der Waals surface area contributed by atoms with Gasteiger partial charge in [-0.25, -0.2) is 4.79 Å². The number of halogens is 2. The van der Waals surface area contributed by atoms with Crippen molar-refractivity contribution in [3.05, 3.63) is 58.0 Å². The maximum absolute atomic E-state index is 11.6. The van der Waals surface area contributed by atoms with Gasteiger partial charge < -0.3 is 20.2 Å². The van der Waals surface area contributed by atoms with Gasteiger partial charge in [0.2, 0.25) is 0 Å². The summed E-state index contributed by atoms with van der Waals surface area (Å²) in [7, 11) is 0.